The van der Waals surface area contributed by atoms with Gasteiger partial charge in [0.2, 0.25) is 0 Å². The van der Waals surface area contributed by atoms with Gasteiger partial charge < -0.3 is 15.6 Å². The van der Waals surface area contributed by atoms with Gasteiger partial charge in [-0.05, 0) is 38.3 Å². The number of carbonyl (C=O) groups excluding carboxylic acids is 1. The van der Waals surface area contributed by atoms with E-state index < -0.39 is 18.0 Å². The Labute approximate surface area is 140 Å². The number of hydrogen-bond donors (Lipinski definition) is 3. The number of aliphatic imine (C=N–C) groups is 1. The Balaban J connectivity index is 2.27. The summed E-state index contributed by atoms with van der Waals surface area (Å²) in [4.78, 5) is 26.2. The van der Waals surface area contributed by atoms with E-state index in [0.29, 0.717) is 30.7 Å². The maximum Gasteiger partial charge on any atom is 0.339 e. The van der Waals surface area contributed by atoms with Crippen LogP contribution in [0.15, 0.2) is 35.3 Å². The molecule has 0 saturated heterocycles. The summed E-state index contributed by atoms with van der Waals surface area (Å²) in [6.45, 7) is 1.67. The van der Waals surface area contributed by atoms with E-state index in [0.717, 1.165) is 5.06 Å². The van der Waals surface area contributed by atoms with Crippen LogP contribution in [-0.2, 0) is 9.53 Å². The zero-order valence-electron chi connectivity index (χ0n) is 13.6. The van der Waals surface area contributed by atoms with Crippen molar-refractivity contribution in [1.29, 1.82) is 0 Å². The number of aliphatic carboxylic acids is 1. The molecule has 0 aromatic heterocycles. The minimum absolute atomic E-state index is 0.194. The summed E-state index contributed by atoms with van der Waals surface area (Å²) in [6, 6.07) is 7.65. The number of amidine groups is 1. The van der Waals surface area contributed by atoms with Crippen molar-refractivity contribution in [3.05, 3.63) is 35.9 Å². The summed E-state index contributed by atoms with van der Waals surface area (Å²) in [6.07, 6.45) is 1.48. The minimum atomic E-state index is -1.03. The normalized spacial score (nSPS) is 12.5. The largest absolute Gasteiger partial charge is 0.480 e. The zero-order chi connectivity index (χ0) is 17.9. The van der Waals surface area contributed by atoms with Crippen molar-refractivity contribution in [2.24, 2.45) is 10.7 Å². The van der Waals surface area contributed by atoms with Gasteiger partial charge in [0.15, 0.2) is 6.73 Å². The molecular weight excluding hydrogens is 314 g/mol. The van der Waals surface area contributed by atoms with Crippen LogP contribution in [0, 0.1) is 0 Å². The van der Waals surface area contributed by atoms with E-state index in [9.17, 15) is 14.8 Å². The van der Waals surface area contributed by atoms with Crippen LogP contribution in [0.3, 0.4) is 0 Å². The second-order valence-corrected chi connectivity index (χ2v) is 5.20. The maximum atomic E-state index is 11.7. The molecule has 0 aliphatic heterocycles. The Morgan fingerprint density at radius 2 is 1.96 bits per heavy atom. The summed E-state index contributed by atoms with van der Waals surface area (Å²) in [5, 5.41) is 19.4. The molecule has 1 atom stereocenters. The van der Waals surface area contributed by atoms with Gasteiger partial charge >= 0.3 is 11.9 Å². The van der Waals surface area contributed by atoms with Crippen molar-refractivity contribution in [3.8, 4) is 0 Å². The highest BCUT2D eigenvalue weighted by molar-refractivity contribution is 5.89. The van der Waals surface area contributed by atoms with Crippen molar-refractivity contribution in [1.82, 2.24) is 5.06 Å². The van der Waals surface area contributed by atoms with Gasteiger partial charge in [-0.1, -0.05) is 18.2 Å². The number of esters is 1. The number of carbonyl (C=O) groups is 2. The summed E-state index contributed by atoms with van der Waals surface area (Å²) in [7, 11) is 0. The number of benzene rings is 1. The standard InChI is InChI=1S/C16H23N3O5/c1-12(19(23)10-6-5-9-14(17)15(20)21)18-11-24-16(22)13-7-3-2-4-8-13/h2-4,7-8,14,23H,5-6,9-11,17H2,1H3,(H,20,21)/b18-12+/t14-/m0/s1. The van der Waals surface area contributed by atoms with E-state index >= 15 is 0 Å². The van der Waals surface area contributed by atoms with Gasteiger partial charge in [-0.2, -0.15) is 0 Å². The molecule has 0 spiro atoms. The van der Waals surface area contributed by atoms with Crippen LogP contribution in [0.5, 0.6) is 0 Å². The quantitative estimate of drug-likeness (QED) is 0.205. The number of carboxylic acid groups (broad SMARTS) is 1. The van der Waals surface area contributed by atoms with Crippen LogP contribution in [-0.4, -0.2) is 52.5 Å². The molecule has 0 amide bonds. The third kappa shape index (κ3) is 7.21. The lowest BCUT2D eigenvalue weighted by Gasteiger charge is -2.16. The van der Waals surface area contributed by atoms with E-state index in [-0.39, 0.29) is 13.3 Å². The van der Waals surface area contributed by atoms with Gasteiger partial charge in [0.05, 0.1) is 5.56 Å². The van der Waals surface area contributed by atoms with Crippen molar-refractivity contribution < 1.29 is 24.6 Å². The highest BCUT2D eigenvalue weighted by atomic mass is 16.5. The first-order chi connectivity index (χ1) is 11.4. The van der Waals surface area contributed by atoms with Crippen molar-refractivity contribution >= 4 is 17.8 Å². The summed E-state index contributed by atoms with van der Waals surface area (Å²) >= 11 is 0. The first kappa shape index (κ1) is 19.6. The fraction of sp³-hybridized carbons (Fsp3) is 0.438. The first-order valence-electron chi connectivity index (χ1n) is 7.60. The van der Waals surface area contributed by atoms with Crippen LogP contribution in [0.1, 0.15) is 36.5 Å². The van der Waals surface area contributed by atoms with Crippen LogP contribution >= 0.6 is 0 Å². The smallest absolute Gasteiger partial charge is 0.339 e. The molecule has 1 rings (SSSR count). The molecule has 0 bridgehead atoms. The molecule has 0 aliphatic carbocycles. The van der Waals surface area contributed by atoms with E-state index in [2.05, 4.69) is 4.99 Å². The van der Waals surface area contributed by atoms with Gasteiger partial charge in [-0.3, -0.25) is 10.0 Å². The number of rotatable bonds is 9. The van der Waals surface area contributed by atoms with E-state index in [1.165, 1.54) is 0 Å². The van der Waals surface area contributed by atoms with Gasteiger partial charge in [0.25, 0.3) is 0 Å². The number of nitrogens with two attached hydrogens (primary N) is 1. The summed E-state index contributed by atoms with van der Waals surface area (Å²) in [5.74, 6) is -1.22. The topological polar surface area (TPSA) is 125 Å². The summed E-state index contributed by atoms with van der Waals surface area (Å²) < 4.78 is 4.99. The van der Waals surface area contributed by atoms with Gasteiger partial charge in [-0.25, -0.2) is 14.9 Å². The number of hydrogen-bond acceptors (Lipinski definition) is 6. The molecule has 0 aliphatic rings. The molecule has 8 heteroatoms. The Morgan fingerprint density at radius 1 is 1.29 bits per heavy atom. The SMILES string of the molecule is C/C(=N\COC(=O)c1ccccc1)N(O)CCCC[C@H](N)C(=O)O. The van der Waals surface area contributed by atoms with E-state index in [1.807, 2.05) is 0 Å². The minimum Gasteiger partial charge on any atom is -0.480 e. The van der Waals surface area contributed by atoms with Crippen molar-refractivity contribution in [2.45, 2.75) is 32.2 Å². The Kier molecular flexibility index (Phi) is 8.45. The molecule has 0 saturated carbocycles. The van der Waals surface area contributed by atoms with Crippen LogP contribution < -0.4 is 5.73 Å². The lowest BCUT2D eigenvalue weighted by atomic mass is 10.1. The monoisotopic (exact) mass is 337 g/mol. The van der Waals surface area contributed by atoms with Gasteiger partial charge in [-0.15, -0.1) is 0 Å². The number of carboxylic acids is 1. The molecular formula is C16H23N3O5. The number of unbranched alkanes of at least 4 members (excludes halogenated alkanes) is 1. The average molecular weight is 337 g/mol. The molecule has 0 radical (unpaired) electrons. The Morgan fingerprint density at radius 3 is 2.58 bits per heavy atom. The maximum absolute atomic E-state index is 11.7. The fourth-order valence-corrected chi connectivity index (χ4v) is 1.83. The second-order valence-electron chi connectivity index (χ2n) is 5.20. The number of ether oxygens (including phenoxy) is 1. The number of nitrogens with zero attached hydrogens (tertiary/aromatic N) is 2. The first-order valence-corrected chi connectivity index (χ1v) is 7.60. The highest BCUT2D eigenvalue weighted by Crippen LogP contribution is 2.03. The molecule has 24 heavy (non-hydrogen) atoms. The van der Waals surface area contributed by atoms with Gasteiger partial charge in [0, 0.05) is 6.54 Å². The van der Waals surface area contributed by atoms with Crippen LogP contribution in [0.25, 0.3) is 0 Å². The van der Waals surface area contributed by atoms with E-state index in [4.69, 9.17) is 15.6 Å². The average Bonchev–Trinajstić information content (AvgIpc) is 2.58. The lowest BCUT2D eigenvalue weighted by Crippen LogP contribution is -2.30. The second kappa shape index (κ2) is 10.3. The third-order valence-electron chi connectivity index (χ3n) is 3.32. The molecule has 1 aromatic carbocycles. The van der Waals surface area contributed by atoms with Crippen molar-refractivity contribution in [2.75, 3.05) is 13.3 Å². The Bertz CT molecular complexity index is 562. The summed E-state index contributed by atoms with van der Waals surface area (Å²) in [5.41, 5.74) is 5.82. The predicted octanol–water partition coefficient (Wildman–Crippen LogP) is 1.49. The lowest BCUT2D eigenvalue weighted by molar-refractivity contribution is -0.138. The Hall–Kier alpha value is -2.45. The third-order valence-corrected chi connectivity index (χ3v) is 3.32. The molecule has 132 valence electrons. The molecule has 0 heterocycles. The highest BCUT2D eigenvalue weighted by Gasteiger charge is 2.11. The molecule has 1 aromatic rings. The molecule has 0 fully saturated rings. The zero-order valence-corrected chi connectivity index (χ0v) is 13.6. The molecule has 8 nitrogen and oxygen atoms in total. The number of hydroxylamine groups is 2. The van der Waals surface area contributed by atoms with Crippen LogP contribution in [0.2, 0.25) is 0 Å². The van der Waals surface area contributed by atoms with E-state index in [1.54, 1.807) is 37.3 Å². The predicted molar refractivity (Wildman–Crippen MR) is 87.8 cm³/mol. The van der Waals surface area contributed by atoms with Crippen molar-refractivity contribution in [3.63, 3.8) is 0 Å². The van der Waals surface area contributed by atoms with Gasteiger partial charge in [0.1, 0.15) is 11.9 Å². The molecule has 0 unspecified atom stereocenters. The fourth-order valence-electron chi connectivity index (χ4n) is 1.83. The molecule has 4 N–H and O–H groups in total. The van der Waals surface area contributed by atoms with Crippen LogP contribution in [0.4, 0.5) is 0 Å².